The number of ether oxygens (including phenoxy) is 2. The van der Waals surface area contributed by atoms with Crippen LogP contribution in [0.5, 0.6) is 11.5 Å². The molecule has 0 fully saturated rings. The van der Waals surface area contributed by atoms with Crippen molar-refractivity contribution in [3.63, 3.8) is 0 Å². The molecule has 0 bridgehead atoms. The van der Waals surface area contributed by atoms with Crippen molar-refractivity contribution >= 4 is 14.1 Å². The fourth-order valence-corrected chi connectivity index (χ4v) is 4.17. The summed E-state index contributed by atoms with van der Waals surface area (Å²) in [5, 5.41) is 0. The quantitative estimate of drug-likeness (QED) is 0.596. The van der Waals surface area contributed by atoms with E-state index in [0.717, 1.165) is 24.0 Å². The van der Waals surface area contributed by atoms with Gasteiger partial charge >= 0.3 is 0 Å². The maximum absolute atomic E-state index is 12.7. The van der Waals surface area contributed by atoms with Crippen LogP contribution >= 0.6 is 0 Å². The molecule has 0 radical (unpaired) electrons. The summed E-state index contributed by atoms with van der Waals surface area (Å²) in [5.41, 5.74) is 1.72. The summed E-state index contributed by atoms with van der Waals surface area (Å²) in [6.07, 6.45) is 2.09. The number of hydrogen-bond donors (Lipinski definition) is 0. The van der Waals surface area contributed by atoms with Gasteiger partial charge in [-0.3, -0.25) is 4.79 Å². The fraction of sp³-hybridized carbons (Fsp3) is 0.611. The number of methoxy groups -OCH3 is 1. The zero-order valence-corrected chi connectivity index (χ0v) is 16.1. The van der Waals surface area contributed by atoms with E-state index in [-0.39, 0.29) is 18.0 Å². The molecule has 23 heavy (non-hydrogen) atoms. The molecule has 1 unspecified atom stereocenters. The second-order valence-corrected chi connectivity index (χ2v) is 11.8. The SMILES string of the molecule is COc1ccc2c(c1OC(C)C)CCC(O[Si](C)(C)C)CC2=O. The third-order valence-electron chi connectivity index (χ3n) is 3.75. The number of rotatable bonds is 5. The summed E-state index contributed by atoms with van der Waals surface area (Å²) < 4.78 is 17.6. The van der Waals surface area contributed by atoms with Gasteiger partial charge in [-0.25, -0.2) is 0 Å². The van der Waals surface area contributed by atoms with Crippen LogP contribution in [0.1, 0.15) is 42.6 Å². The Balaban J connectivity index is 2.36. The third-order valence-corrected chi connectivity index (χ3v) is 4.79. The molecule has 0 aliphatic heterocycles. The molecule has 5 heteroatoms. The van der Waals surface area contributed by atoms with E-state index in [0.29, 0.717) is 17.9 Å². The van der Waals surface area contributed by atoms with Crippen molar-refractivity contribution < 1.29 is 18.7 Å². The molecule has 0 saturated carbocycles. The number of carbonyl (C=O) groups is 1. The molecule has 0 N–H and O–H groups in total. The van der Waals surface area contributed by atoms with Crippen molar-refractivity contribution in [3.05, 3.63) is 23.3 Å². The Morgan fingerprint density at radius 3 is 2.48 bits per heavy atom. The molecular formula is C18H28O4Si. The Labute approximate surface area is 140 Å². The molecule has 0 amide bonds. The van der Waals surface area contributed by atoms with Crippen LogP contribution in [0.15, 0.2) is 12.1 Å². The zero-order valence-electron chi connectivity index (χ0n) is 15.1. The average molecular weight is 337 g/mol. The highest BCUT2D eigenvalue weighted by Crippen LogP contribution is 2.38. The van der Waals surface area contributed by atoms with Crippen LogP contribution in [0.3, 0.4) is 0 Å². The molecule has 128 valence electrons. The average Bonchev–Trinajstić information content (AvgIpc) is 2.57. The van der Waals surface area contributed by atoms with Crippen LogP contribution < -0.4 is 9.47 Å². The molecule has 0 aromatic heterocycles. The molecule has 2 rings (SSSR count). The minimum absolute atomic E-state index is 0.000499. The molecule has 0 heterocycles. The van der Waals surface area contributed by atoms with Crippen molar-refractivity contribution in [1.82, 2.24) is 0 Å². The number of hydrogen-bond acceptors (Lipinski definition) is 4. The first-order valence-electron chi connectivity index (χ1n) is 8.29. The van der Waals surface area contributed by atoms with Crippen LogP contribution in [-0.2, 0) is 10.8 Å². The smallest absolute Gasteiger partial charge is 0.184 e. The van der Waals surface area contributed by atoms with Crippen molar-refractivity contribution in [2.24, 2.45) is 0 Å². The molecule has 1 aromatic carbocycles. The van der Waals surface area contributed by atoms with Crippen LogP contribution in [0.2, 0.25) is 19.6 Å². The first-order valence-corrected chi connectivity index (χ1v) is 11.7. The summed E-state index contributed by atoms with van der Waals surface area (Å²) in [6.45, 7) is 10.4. The Bertz CT molecular complexity index is 575. The largest absolute Gasteiger partial charge is 0.493 e. The van der Waals surface area contributed by atoms with E-state index in [1.807, 2.05) is 26.0 Å². The maximum atomic E-state index is 12.7. The Morgan fingerprint density at radius 1 is 1.22 bits per heavy atom. The Hall–Kier alpha value is -1.33. The lowest BCUT2D eigenvalue weighted by Gasteiger charge is -2.24. The summed E-state index contributed by atoms with van der Waals surface area (Å²) in [7, 11) is -0.0362. The predicted molar refractivity (Wildman–Crippen MR) is 94.2 cm³/mol. The van der Waals surface area contributed by atoms with Gasteiger partial charge in [-0.05, 0) is 58.5 Å². The Kier molecular flexibility index (Phi) is 5.52. The number of Topliss-reactive ketones (excluding diaryl/α,β-unsaturated/α-hetero) is 1. The third kappa shape index (κ3) is 4.58. The lowest BCUT2D eigenvalue weighted by molar-refractivity contribution is 0.0903. The van der Waals surface area contributed by atoms with Gasteiger partial charge in [-0.15, -0.1) is 0 Å². The first-order chi connectivity index (χ1) is 10.7. The van der Waals surface area contributed by atoms with Gasteiger partial charge < -0.3 is 13.9 Å². The highest BCUT2D eigenvalue weighted by Gasteiger charge is 2.30. The van der Waals surface area contributed by atoms with Crippen LogP contribution in [0.4, 0.5) is 0 Å². The summed E-state index contributed by atoms with van der Waals surface area (Å²) >= 11 is 0. The van der Waals surface area contributed by atoms with E-state index in [4.69, 9.17) is 13.9 Å². The zero-order chi connectivity index (χ0) is 17.2. The lowest BCUT2D eigenvalue weighted by atomic mass is 10.0. The molecule has 0 spiro atoms. The van der Waals surface area contributed by atoms with Gasteiger partial charge in [-0.2, -0.15) is 0 Å². The second kappa shape index (κ2) is 7.05. The van der Waals surface area contributed by atoms with Crippen LogP contribution in [0.25, 0.3) is 0 Å². The van der Waals surface area contributed by atoms with Gasteiger partial charge in [0.2, 0.25) is 0 Å². The topological polar surface area (TPSA) is 44.8 Å². The molecular weight excluding hydrogens is 308 g/mol. The minimum atomic E-state index is -1.67. The molecule has 0 saturated heterocycles. The molecule has 1 atom stereocenters. The van der Waals surface area contributed by atoms with Gasteiger partial charge in [0, 0.05) is 17.5 Å². The maximum Gasteiger partial charge on any atom is 0.184 e. The van der Waals surface area contributed by atoms with Gasteiger partial charge in [0.25, 0.3) is 0 Å². The normalized spacial score (nSPS) is 18.6. The van der Waals surface area contributed by atoms with Crippen LogP contribution in [-0.4, -0.2) is 33.4 Å². The van der Waals surface area contributed by atoms with Gasteiger partial charge in [0.15, 0.2) is 25.6 Å². The van der Waals surface area contributed by atoms with E-state index in [9.17, 15) is 4.79 Å². The second-order valence-electron chi connectivity index (χ2n) is 7.31. The van der Waals surface area contributed by atoms with Gasteiger partial charge in [0.1, 0.15) is 0 Å². The molecule has 4 nitrogen and oxygen atoms in total. The van der Waals surface area contributed by atoms with E-state index >= 15 is 0 Å². The number of benzene rings is 1. The summed E-state index contributed by atoms with van der Waals surface area (Å²) in [4.78, 5) is 12.7. The summed E-state index contributed by atoms with van der Waals surface area (Å²) in [5.74, 6) is 1.54. The van der Waals surface area contributed by atoms with Crippen molar-refractivity contribution in [3.8, 4) is 11.5 Å². The molecule has 1 aliphatic carbocycles. The molecule has 1 aliphatic rings. The van der Waals surface area contributed by atoms with Crippen molar-refractivity contribution in [2.75, 3.05) is 7.11 Å². The standard InChI is InChI=1S/C18H28O4Si/c1-12(2)21-18-15-8-7-13(22-23(4,5)6)11-16(19)14(15)9-10-17(18)20-3/h9-10,12-13H,7-8,11H2,1-6H3. The van der Waals surface area contributed by atoms with Crippen molar-refractivity contribution in [2.45, 2.75) is 65.0 Å². The number of carbonyl (C=O) groups excluding carboxylic acids is 1. The molecule has 1 aromatic rings. The van der Waals surface area contributed by atoms with E-state index < -0.39 is 8.32 Å². The first kappa shape index (κ1) is 18.0. The monoisotopic (exact) mass is 336 g/mol. The van der Waals surface area contributed by atoms with Gasteiger partial charge in [-0.1, -0.05) is 0 Å². The van der Waals surface area contributed by atoms with E-state index in [1.165, 1.54) is 0 Å². The van der Waals surface area contributed by atoms with E-state index in [1.54, 1.807) is 7.11 Å². The van der Waals surface area contributed by atoms with Crippen molar-refractivity contribution in [1.29, 1.82) is 0 Å². The fourth-order valence-electron chi connectivity index (χ4n) is 2.97. The number of ketones is 1. The predicted octanol–water partition coefficient (Wildman–Crippen LogP) is 4.22. The summed E-state index contributed by atoms with van der Waals surface area (Å²) in [6, 6.07) is 3.69. The highest BCUT2D eigenvalue weighted by atomic mass is 28.4. The highest BCUT2D eigenvalue weighted by molar-refractivity contribution is 6.69. The lowest BCUT2D eigenvalue weighted by Crippen LogP contribution is -2.32. The van der Waals surface area contributed by atoms with Gasteiger partial charge in [0.05, 0.1) is 19.3 Å². The Morgan fingerprint density at radius 2 is 1.91 bits per heavy atom. The number of fused-ring (bicyclic) bond motifs is 1. The minimum Gasteiger partial charge on any atom is -0.493 e. The van der Waals surface area contributed by atoms with E-state index in [2.05, 4.69) is 19.6 Å². The van der Waals surface area contributed by atoms with Crippen LogP contribution in [0, 0.1) is 0 Å².